The van der Waals surface area contributed by atoms with Crippen LogP contribution >= 0.6 is 34.9 Å². The molecule has 2 aromatic heterocycles. The van der Waals surface area contributed by atoms with Crippen LogP contribution in [0.15, 0.2) is 75.0 Å². The molecule has 4 aromatic rings. The first kappa shape index (κ1) is 20.0. The zero-order chi connectivity index (χ0) is 20.9. The van der Waals surface area contributed by atoms with Crippen molar-refractivity contribution in [3.63, 3.8) is 0 Å². The Bertz CT molecular complexity index is 1260. The third-order valence-corrected chi connectivity index (χ3v) is 6.17. The molecule has 0 bridgehead atoms. The van der Waals surface area contributed by atoms with E-state index >= 15 is 0 Å². The average molecular weight is 452 g/mol. The highest BCUT2D eigenvalue weighted by Crippen LogP contribution is 2.29. The van der Waals surface area contributed by atoms with Crippen molar-refractivity contribution < 1.29 is 0 Å². The summed E-state index contributed by atoms with van der Waals surface area (Å²) in [5.41, 5.74) is 1.96. The van der Waals surface area contributed by atoms with Crippen LogP contribution in [-0.4, -0.2) is 9.97 Å². The van der Waals surface area contributed by atoms with Crippen LogP contribution in [0.25, 0.3) is 11.3 Å². The van der Waals surface area contributed by atoms with Crippen molar-refractivity contribution in [3.8, 4) is 17.3 Å². The Hall–Kier alpha value is -3.25. The van der Waals surface area contributed by atoms with Crippen LogP contribution < -0.4 is 15.6 Å². The van der Waals surface area contributed by atoms with Gasteiger partial charge in [-0.15, -0.1) is 11.3 Å². The van der Waals surface area contributed by atoms with E-state index in [1.807, 2.05) is 47.8 Å². The Kier molecular flexibility index (Phi) is 6.05. The van der Waals surface area contributed by atoms with E-state index in [0.717, 1.165) is 9.90 Å². The minimum atomic E-state index is -0.509. The van der Waals surface area contributed by atoms with Gasteiger partial charge < -0.3 is 10.0 Å². The maximum absolute atomic E-state index is 12.5. The molecule has 4 rings (SSSR count). The van der Waals surface area contributed by atoms with E-state index in [0.29, 0.717) is 22.0 Å². The SMILES string of the molecule is N#Cc1c(-c2cccc(NSc3cccs3)c2)nc(Nc2ccc(Cl)cc2)[nH]c1=O. The van der Waals surface area contributed by atoms with Gasteiger partial charge in [-0.1, -0.05) is 29.8 Å². The molecule has 0 fully saturated rings. The number of H-pyrrole nitrogens is 1. The lowest BCUT2D eigenvalue weighted by molar-refractivity contribution is 1.11. The van der Waals surface area contributed by atoms with E-state index in [-0.39, 0.29) is 11.5 Å². The predicted molar refractivity (Wildman–Crippen MR) is 124 cm³/mol. The second-order valence-corrected chi connectivity index (χ2v) is 8.59. The van der Waals surface area contributed by atoms with Crippen LogP contribution in [0.1, 0.15) is 5.56 Å². The van der Waals surface area contributed by atoms with Gasteiger partial charge in [0.25, 0.3) is 5.56 Å². The summed E-state index contributed by atoms with van der Waals surface area (Å²) in [6.07, 6.45) is 0. The number of nitriles is 1. The highest BCUT2D eigenvalue weighted by Gasteiger charge is 2.14. The summed E-state index contributed by atoms with van der Waals surface area (Å²) < 4.78 is 4.40. The molecule has 3 N–H and O–H groups in total. The molecule has 2 aromatic carbocycles. The van der Waals surface area contributed by atoms with Crippen molar-refractivity contribution >= 4 is 52.2 Å². The summed E-state index contributed by atoms with van der Waals surface area (Å²) in [7, 11) is 0. The normalized spacial score (nSPS) is 10.4. The predicted octanol–water partition coefficient (Wildman–Crippen LogP) is 5.89. The molecule has 0 aliphatic heterocycles. The molecular formula is C21H14ClN5OS2. The largest absolute Gasteiger partial charge is 0.326 e. The van der Waals surface area contributed by atoms with Gasteiger partial charge in [-0.25, -0.2) is 4.98 Å². The van der Waals surface area contributed by atoms with E-state index in [1.54, 1.807) is 35.6 Å². The van der Waals surface area contributed by atoms with Crippen molar-refractivity contribution in [1.82, 2.24) is 9.97 Å². The zero-order valence-electron chi connectivity index (χ0n) is 15.3. The highest BCUT2D eigenvalue weighted by atomic mass is 35.5. The maximum Gasteiger partial charge on any atom is 0.270 e. The van der Waals surface area contributed by atoms with Gasteiger partial charge in [0.05, 0.1) is 9.90 Å². The first-order chi connectivity index (χ1) is 14.6. The number of anilines is 3. The fraction of sp³-hybridized carbons (Fsp3) is 0. The zero-order valence-corrected chi connectivity index (χ0v) is 17.7. The summed E-state index contributed by atoms with van der Waals surface area (Å²) in [6, 6.07) is 20.4. The number of hydrogen-bond acceptors (Lipinski definition) is 7. The van der Waals surface area contributed by atoms with Crippen molar-refractivity contribution in [2.75, 3.05) is 10.0 Å². The molecule has 0 radical (unpaired) electrons. The summed E-state index contributed by atoms with van der Waals surface area (Å²) >= 11 is 9.05. The van der Waals surface area contributed by atoms with Gasteiger partial charge in [-0.2, -0.15) is 5.26 Å². The molecule has 9 heteroatoms. The average Bonchev–Trinajstić information content (AvgIpc) is 3.27. The first-order valence-electron chi connectivity index (χ1n) is 8.76. The Morgan fingerprint density at radius 1 is 1.10 bits per heavy atom. The van der Waals surface area contributed by atoms with E-state index in [1.165, 1.54) is 11.9 Å². The first-order valence-corrected chi connectivity index (χ1v) is 10.8. The van der Waals surface area contributed by atoms with Gasteiger partial charge >= 0.3 is 0 Å². The lowest BCUT2D eigenvalue weighted by atomic mass is 10.1. The van der Waals surface area contributed by atoms with Gasteiger partial charge in [-0.3, -0.25) is 9.78 Å². The minimum Gasteiger partial charge on any atom is -0.326 e. The van der Waals surface area contributed by atoms with E-state index < -0.39 is 5.56 Å². The summed E-state index contributed by atoms with van der Waals surface area (Å²) in [6.45, 7) is 0. The molecule has 0 atom stereocenters. The lowest BCUT2D eigenvalue weighted by Gasteiger charge is -2.10. The second kappa shape index (κ2) is 9.05. The van der Waals surface area contributed by atoms with Crippen LogP contribution in [0.5, 0.6) is 0 Å². The number of nitrogens with zero attached hydrogens (tertiary/aromatic N) is 2. The third-order valence-electron chi connectivity index (χ3n) is 4.04. The fourth-order valence-electron chi connectivity index (χ4n) is 2.68. The molecule has 30 heavy (non-hydrogen) atoms. The smallest absolute Gasteiger partial charge is 0.270 e. The molecule has 148 valence electrons. The van der Waals surface area contributed by atoms with E-state index in [9.17, 15) is 10.1 Å². The van der Waals surface area contributed by atoms with Gasteiger partial charge in [0.2, 0.25) is 5.95 Å². The Balaban J connectivity index is 1.66. The monoisotopic (exact) mass is 451 g/mol. The number of nitrogens with one attached hydrogen (secondary N) is 3. The molecule has 0 spiro atoms. The van der Waals surface area contributed by atoms with Crippen molar-refractivity contribution in [2.45, 2.75) is 4.21 Å². The second-order valence-electron chi connectivity index (χ2n) is 6.10. The van der Waals surface area contributed by atoms with Gasteiger partial charge in [-0.05, 0) is 59.8 Å². The van der Waals surface area contributed by atoms with Crippen LogP contribution in [0.3, 0.4) is 0 Å². The molecule has 6 nitrogen and oxygen atoms in total. The Morgan fingerprint density at radius 3 is 2.67 bits per heavy atom. The van der Waals surface area contributed by atoms with Gasteiger partial charge in [0.1, 0.15) is 11.6 Å². The van der Waals surface area contributed by atoms with Crippen LogP contribution in [-0.2, 0) is 0 Å². The lowest BCUT2D eigenvalue weighted by Crippen LogP contribution is -2.16. The van der Waals surface area contributed by atoms with E-state index in [4.69, 9.17) is 11.6 Å². The number of aromatic amines is 1. The summed E-state index contributed by atoms with van der Waals surface area (Å²) in [4.78, 5) is 19.6. The molecule has 0 saturated carbocycles. The number of halogens is 1. The van der Waals surface area contributed by atoms with E-state index in [2.05, 4.69) is 20.0 Å². The van der Waals surface area contributed by atoms with Crippen molar-refractivity contribution in [1.29, 1.82) is 5.26 Å². The quantitative estimate of drug-likeness (QED) is 0.316. The van der Waals surface area contributed by atoms with Crippen LogP contribution in [0.2, 0.25) is 5.02 Å². The third kappa shape index (κ3) is 4.66. The molecule has 2 heterocycles. The topological polar surface area (TPSA) is 93.6 Å². The number of benzene rings is 2. The molecule has 0 unspecified atom stereocenters. The molecule has 0 aliphatic carbocycles. The molecular weight excluding hydrogens is 438 g/mol. The Labute approximate surface area is 185 Å². The van der Waals surface area contributed by atoms with Gasteiger partial charge in [0.15, 0.2) is 0 Å². The number of rotatable bonds is 6. The number of thiophene rings is 1. The number of hydrogen-bond donors (Lipinski definition) is 3. The number of aromatic nitrogens is 2. The van der Waals surface area contributed by atoms with Crippen LogP contribution in [0, 0.1) is 11.3 Å². The minimum absolute atomic E-state index is 0.0419. The fourth-order valence-corrected chi connectivity index (χ4v) is 4.23. The maximum atomic E-state index is 12.5. The standard InChI is InChI=1S/C21H14ClN5OS2/c22-14-6-8-15(9-7-14)24-21-25-19(17(12-23)20(28)26-21)13-3-1-4-16(11-13)27-30-18-5-2-10-29-18/h1-11,27H,(H2,24,25,26,28). The summed E-state index contributed by atoms with van der Waals surface area (Å²) in [5.74, 6) is 0.239. The highest BCUT2D eigenvalue weighted by molar-refractivity contribution is 8.02. The van der Waals surface area contributed by atoms with Crippen molar-refractivity contribution in [3.05, 3.63) is 87.0 Å². The van der Waals surface area contributed by atoms with Gasteiger partial charge in [0, 0.05) is 22.0 Å². The molecule has 0 amide bonds. The Morgan fingerprint density at radius 2 is 1.93 bits per heavy atom. The molecule has 0 saturated heterocycles. The summed E-state index contributed by atoms with van der Waals surface area (Å²) in [5, 5.41) is 15.2. The van der Waals surface area contributed by atoms with Crippen molar-refractivity contribution in [2.24, 2.45) is 0 Å². The molecule has 0 aliphatic rings. The van der Waals surface area contributed by atoms with Crippen LogP contribution in [0.4, 0.5) is 17.3 Å².